The molecule has 4 heteroatoms. The zero-order chi connectivity index (χ0) is 13.0. The van der Waals surface area contributed by atoms with E-state index in [1.54, 1.807) is 6.07 Å². The first-order chi connectivity index (χ1) is 8.66. The average Bonchev–Trinajstić information content (AvgIpc) is 2.28. The number of carboxylic acid groups (broad SMARTS) is 1. The summed E-state index contributed by atoms with van der Waals surface area (Å²) in [7, 11) is 0. The number of rotatable bonds is 6. The molecule has 0 aromatic heterocycles. The molecule has 1 aliphatic carbocycles. The second-order valence-corrected chi connectivity index (χ2v) is 4.76. The number of halogens is 1. The number of hydrogen-bond acceptors (Lipinski definition) is 2. The number of carboxylic acids is 1. The van der Waals surface area contributed by atoms with Gasteiger partial charge in [0.05, 0.1) is 12.2 Å². The van der Waals surface area contributed by atoms with Gasteiger partial charge in [0.2, 0.25) is 0 Å². The van der Waals surface area contributed by atoms with E-state index in [1.165, 1.54) is 31.4 Å². The molecular formula is C14H17FO3. The smallest absolute Gasteiger partial charge is 0.338 e. The molecule has 1 saturated carbocycles. The van der Waals surface area contributed by atoms with Gasteiger partial charge >= 0.3 is 5.97 Å². The molecule has 0 aliphatic heterocycles. The van der Waals surface area contributed by atoms with E-state index in [0.717, 1.165) is 12.3 Å². The standard InChI is InChI=1S/C14H17FO3/c15-13-5-4-11(8-12(13)14(16)17)9-18-7-6-10-2-1-3-10/h4-5,8,10H,1-3,6-7,9H2,(H,16,17). The molecule has 98 valence electrons. The quantitative estimate of drug-likeness (QED) is 0.791. The van der Waals surface area contributed by atoms with Gasteiger partial charge in [-0.2, -0.15) is 0 Å². The first-order valence-corrected chi connectivity index (χ1v) is 6.26. The third kappa shape index (κ3) is 3.29. The van der Waals surface area contributed by atoms with Crippen LogP contribution in [0.3, 0.4) is 0 Å². The van der Waals surface area contributed by atoms with E-state index < -0.39 is 11.8 Å². The molecule has 0 radical (unpaired) electrons. The normalized spacial score (nSPS) is 15.4. The van der Waals surface area contributed by atoms with Gasteiger partial charge in [-0.05, 0) is 30.0 Å². The monoisotopic (exact) mass is 252 g/mol. The number of carbonyl (C=O) groups is 1. The minimum atomic E-state index is -1.25. The molecule has 1 N–H and O–H groups in total. The molecular weight excluding hydrogens is 235 g/mol. The first-order valence-electron chi connectivity index (χ1n) is 6.26. The van der Waals surface area contributed by atoms with Crippen molar-refractivity contribution in [1.82, 2.24) is 0 Å². The molecule has 1 aliphatic rings. The van der Waals surface area contributed by atoms with Gasteiger partial charge in [-0.25, -0.2) is 9.18 Å². The lowest BCUT2D eigenvalue weighted by molar-refractivity contribution is 0.0691. The molecule has 0 heterocycles. The van der Waals surface area contributed by atoms with Crippen molar-refractivity contribution in [3.05, 3.63) is 35.1 Å². The van der Waals surface area contributed by atoms with Gasteiger partial charge in [0.15, 0.2) is 0 Å². The van der Waals surface area contributed by atoms with Crippen molar-refractivity contribution in [2.75, 3.05) is 6.61 Å². The Hall–Kier alpha value is -1.42. The van der Waals surface area contributed by atoms with Crippen molar-refractivity contribution in [2.45, 2.75) is 32.3 Å². The third-order valence-corrected chi connectivity index (χ3v) is 3.43. The van der Waals surface area contributed by atoms with Gasteiger partial charge in [-0.1, -0.05) is 25.3 Å². The van der Waals surface area contributed by atoms with E-state index in [1.807, 2.05) is 0 Å². The van der Waals surface area contributed by atoms with Crippen molar-refractivity contribution in [2.24, 2.45) is 5.92 Å². The van der Waals surface area contributed by atoms with Crippen molar-refractivity contribution < 1.29 is 19.0 Å². The summed E-state index contributed by atoms with van der Waals surface area (Å²) in [4.78, 5) is 10.8. The van der Waals surface area contributed by atoms with Gasteiger partial charge in [0.25, 0.3) is 0 Å². The van der Waals surface area contributed by atoms with Gasteiger partial charge < -0.3 is 9.84 Å². The lowest BCUT2D eigenvalue weighted by atomic mass is 9.83. The highest BCUT2D eigenvalue weighted by Gasteiger charge is 2.16. The molecule has 1 aromatic carbocycles. The summed E-state index contributed by atoms with van der Waals surface area (Å²) in [6.45, 7) is 1.03. The lowest BCUT2D eigenvalue weighted by Crippen LogP contribution is -2.13. The molecule has 2 rings (SSSR count). The van der Waals surface area contributed by atoms with Crippen LogP contribution in [0.5, 0.6) is 0 Å². The van der Waals surface area contributed by atoms with Gasteiger partial charge in [0.1, 0.15) is 5.82 Å². The predicted molar refractivity (Wildman–Crippen MR) is 65.0 cm³/mol. The van der Waals surface area contributed by atoms with Crippen LogP contribution < -0.4 is 0 Å². The number of aromatic carboxylic acids is 1. The molecule has 0 unspecified atom stereocenters. The maximum atomic E-state index is 13.1. The van der Waals surface area contributed by atoms with Gasteiger partial charge in [-0.15, -0.1) is 0 Å². The Bertz CT molecular complexity index is 427. The van der Waals surface area contributed by atoms with Crippen LogP contribution in [-0.4, -0.2) is 17.7 Å². The SMILES string of the molecule is O=C(O)c1cc(COCCC2CCC2)ccc1F. The number of benzene rings is 1. The van der Waals surface area contributed by atoms with Gasteiger partial charge in [0, 0.05) is 6.61 Å². The van der Waals surface area contributed by atoms with Crippen LogP contribution in [0.15, 0.2) is 18.2 Å². The Labute approximate surface area is 106 Å². The van der Waals surface area contributed by atoms with Crippen LogP contribution in [0, 0.1) is 11.7 Å². The molecule has 3 nitrogen and oxygen atoms in total. The molecule has 1 fully saturated rings. The molecule has 0 spiro atoms. The fourth-order valence-electron chi connectivity index (χ4n) is 2.05. The minimum Gasteiger partial charge on any atom is -0.478 e. The lowest BCUT2D eigenvalue weighted by Gasteiger charge is -2.24. The summed E-state index contributed by atoms with van der Waals surface area (Å²) in [5.41, 5.74) is 0.400. The van der Waals surface area contributed by atoms with Crippen molar-refractivity contribution in [3.63, 3.8) is 0 Å². The maximum Gasteiger partial charge on any atom is 0.338 e. The third-order valence-electron chi connectivity index (χ3n) is 3.43. The van der Waals surface area contributed by atoms with E-state index in [2.05, 4.69) is 0 Å². The van der Waals surface area contributed by atoms with Crippen LogP contribution in [0.4, 0.5) is 4.39 Å². The van der Waals surface area contributed by atoms with Crippen LogP contribution in [0.2, 0.25) is 0 Å². The Morgan fingerprint density at radius 3 is 2.83 bits per heavy atom. The Morgan fingerprint density at radius 1 is 1.44 bits per heavy atom. The second kappa shape index (κ2) is 5.96. The molecule has 1 aromatic rings. The highest BCUT2D eigenvalue weighted by Crippen LogP contribution is 2.29. The fourth-order valence-corrected chi connectivity index (χ4v) is 2.05. The molecule has 0 saturated heterocycles. The molecule has 18 heavy (non-hydrogen) atoms. The summed E-state index contributed by atoms with van der Waals surface area (Å²) in [5.74, 6) is -1.16. The van der Waals surface area contributed by atoms with E-state index in [4.69, 9.17) is 9.84 Å². The second-order valence-electron chi connectivity index (χ2n) is 4.76. The summed E-state index contributed by atoms with van der Waals surface area (Å²) < 4.78 is 18.6. The van der Waals surface area contributed by atoms with Crippen molar-refractivity contribution >= 4 is 5.97 Å². The highest BCUT2D eigenvalue weighted by molar-refractivity contribution is 5.88. The van der Waals surface area contributed by atoms with Gasteiger partial charge in [-0.3, -0.25) is 0 Å². The van der Waals surface area contributed by atoms with Crippen molar-refractivity contribution in [3.8, 4) is 0 Å². The van der Waals surface area contributed by atoms with Crippen LogP contribution in [0.25, 0.3) is 0 Å². The summed E-state index contributed by atoms with van der Waals surface area (Å²) >= 11 is 0. The summed E-state index contributed by atoms with van der Waals surface area (Å²) in [6, 6.07) is 4.07. The van der Waals surface area contributed by atoms with Crippen LogP contribution in [-0.2, 0) is 11.3 Å². The predicted octanol–water partition coefficient (Wildman–Crippen LogP) is 3.23. The number of ether oxygens (including phenoxy) is 1. The topological polar surface area (TPSA) is 46.5 Å². The van der Waals surface area contributed by atoms with Crippen LogP contribution >= 0.6 is 0 Å². The maximum absolute atomic E-state index is 13.1. The molecule has 0 atom stereocenters. The summed E-state index contributed by atoms with van der Waals surface area (Å²) in [5, 5.41) is 8.79. The number of hydrogen-bond donors (Lipinski definition) is 1. The van der Waals surface area contributed by atoms with E-state index in [-0.39, 0.29) is 5.56 Å². The zero-order valence-corrected chi connectivity index (χ0v) is 10.2. The Balaban J connectivity index is 1.81. The van der Waals surface area contributed by atoms with Crippen LogP contribution in [0.1, 0.15) is 41.6 Å². The largest absolute Gasteiger partial charge is 0.478 e. The minimum absolute atomic E-state index is 0.296. The average molecular weight is 252 g/mol. The first kappa shape index (κ1) is 13.0. The zero-order valence-electron chi connectivity index (χ0n) is 10.2. The Kier molecular flexibility index (Phi) is 4.31. The summed E-state index contributed by atoms with van der Waals surface area (Å²) in [6.07, 6.45) is 4.98. The fraction of sp³-hybridized carbons (Fsp3) is 0.500. The molecule has 0 bridgehead atoms. The van der Waals surface area contributed by atoms with Crippen molar-refractivity contribution in [1.29, 1.82) is 0 Å². The molecule has 0 amide bonds. The highest BCUT2D eigenvalue weighted by atomic mass is 19.1. The van der Waals surface area contributed by atoms with E-state index in [0.29, 0.717) is 18.8 Å². The Morgan fingerprint density at radius 2 is 2.22 bits per heavy atom. The van der Waals surface area contributed by atoms with E-state index >= 15 is 0 Å². The van der Waals surface area contributed by atoms with E-state index in [9.17, 15) is 9.18 Å².